The fraction of sp³-hybridized carbons (Fsp3) is 0.423. The Hall–Kier alpha value is -2.95. The second kappa shape index (κ2) is 8.66. The van der Waals surface area contributed by atoms with E-state index in [1.165, 1.54) is 35.7 Å². The number of hydrogen-bond donors (Lipinski definition) is 2. The Balaban J connectivity index is 1.49. The van der Waals surface area contributed by atoms with Crippen LogP contribution in [0.4, 0.5) is 0 Å². The van der Waals surface area contributed by atoms with E-state index in [1.807, 2.05) is 12.1 Å². The Bertz CT molecular complexity index is 1080. The van der Waals surface area contributed by atoms with Crippen molar-refractivity contribution in [3.63, 3.8) is 0 Å². The second-order valence-corrected chi connectivity index (χ2v) is 8.71. The van der Waals surface area contributed by atoms with E-state index >= 15 is 0 Å². The molecule has 1 atom stereocenters. The molecule has 3 aromatic rings. The summed E-state index contributed by atoms with van der Waals surface area (Å²) in [7, 11) is 0. The monoisotopic (exact) mass is 418 g/mol. The summed E-state index contributed by atoms with van der Waals surface area (Å²) in [5.74, 6) is 1.58. The van der Waals surface area contributed by atoms with Gasteiger partial charge in [-0.1, -0.05) is 50.5 Å². The van der Waals surface area contributed by atoms with E-state index in [2.05, 4.69) is 47.7 Å². The van der Waals surface area contributed by atoms with Crippen molar-refractivity contribution in [3.05, 3.63) is 59.3 Å². The summed E-state index contributed by atoms with van der Waals surface area (Å²) in [4.78, 5) is 16.6. The molecule has 2 aliphatic rings. The van der Waals surface area contributed by atoms with Crippen molar-refractivity contribution < 1.29 is 14.3 Å². The van der Waals surface area contributed by atoms with Crippen molar-refractivity contribution in [3.8, 4) is 11.5 Å². The lowest BCUT2D eigenvalue weighted by Gasteiger charge is -2.24. The van der Waals surface area contributed by atoms with Crippen LogP contribution in [0.3, 0.4) is 0 Å². The molecule has 1 aliphatic heterocycles. The average Bonchev–Trinajstić information content (AvgIpc) is 3.44. The molecule has 5 heteroatoms. The topological polar surface area (TPSA) is 63.4 Å². The average molecular weight is 419 g/mol. The van der Waals surface area contributed by atoms with Gasteiger partial charge in [-0.15, -0.1) is 0 Å². The number of benzene rings is 2. The van der Waals surface area contributed by atoms with Gasteiger partial charge in [-0.3, -0.25) is 4.79 Å². The molecule has 1 fully saturated rings. The number of ether oxygens (including phenoxy) is 2. The van der Waals surface area contributed by atoms with Gasteiger partial charge in [-0.2, -0.15) is 0 Å². The third-order valence-electron chi connectivity index (χ3n) is 6.75. The van der Waals surface area contributed by atoms with Crippen LogP contribution < -0.4 is 14.8 Å². The predicted molar refractivity (Wildman–Crippen MR) is 122 cm³/mol. The molecule has 1 amide bonds. The first-order valence-corrected chi connectivity index (χ1v) is 11.5. The van der Waals surface area contributed by atoms with Gasteiger partial charge in [-0.05, 0) is 48.1 Å². The van der Waals surface area contributed by atoms with Crippen molar-refractivity contribution in [1.29, 1.82) is 0 Å². The molecule has 5 rings (SSSR count). The molecule has 2 heterocycles. The van der Waals surface area contributed by atoms with E-state index in [4.69, 9.17) is 9.47 Å². The highest BCUT2D eigenvalue weighted by atomic mass is 16.7. The molecular formula is C26H30N2O3. The third kappa shape index (κ3) is 4.01. The van der Waals surface area contributed by atoms with Crippen LogP contribution in [0.15, 0.2) is 42.6 Å². The minimum absolute atomic E-state index is 0.0565. The Labute approximate surface area is 183 Å². The fourth-order valence-corrected chi connectivity index (χ4v) is 5.08. The quantitative estimate of drug-likeness (QED) is 0.561. The molecule has 0 unspecified atom stereocenters. The Morgan fingerprint density at radius 2 is 1.97 bits per heavy atom. The Morgan fingerprint density at radius 1 is 1.13 bits per heavy atom. The maximum atomic E-state index is 13.1. The number of aromatic nitrogens is 1. The maximum absolute atomic E-state index is 13.1. The summed E-state index contributed by atoms with van der Waals surface area (Å²) in [6.45, 7) is 2.42. The highest BCUT2D eigenvalue weighted by Crippen LogP contribution is 2.40. The van der Waals surface area contributed by atoms with Crippen molar-refractivity contribution in [1.82, 2.24) is 10.3 Å². The lowest BCUT2D eigenvalue weighted by atomic mass is 9.87. The number of rotatable bonds is 6. The predicted octanol–water partition coefficient (Wildman–Crippen LogP) is 5.43. The zero-order valence-electron chi connectivity index (χ0n) is 18.1. The van der Waals surface area contributed by atoms with E-state index < -0.39 is 0 Å². The first-order valence-electron chi connectivity index (χ1n) is 11.5. The van der Waals surface area contributed by atoms with Gasteiger partial charge >= 0.3 is 0 Å². The number of nitrogens with one attached hydrogen (secondary N) is 2. The number of aryl methyl sites for hydroxylation is 1. The van der Waals surface area contributed by atoms with E-state index in [0.29, 0.717) is 12.5 Å². The molecule has 1 aromatic heterocycles. The van der Waals surface area contributed by atoms with Gasteiger partial charge in [0.05, 0.1) is 0 Å². The molecule has 0 saturated heterocycles. The zero-order valence-corrected chi connectivity index (χ0v) is 18.1. The standard InChI is InChI=1S/C26H30N2O3/c1-2-17-7-6-10-20-22(15-27-26(17)20)21(14-25(29)28-19-8-4-3-5-9-19)18-11-12-23-24(13-18)31-16-30-23/h6-7,10-13,15,19,21,27H,2-5,8-9,14,16H2,1H3,(H,28,29)/t21-/m0/s1. The highest BCUT2D eigenvalue weighted by Gasteiger charge is 2.26. The molecule has 5 nitrogen and oxygen atoms in total. The summed E-state index contributed by atoms with van der Waals surface area (Å²) in [5, 5.41) is 4.49. The van der Waals surface area contributed by atoms with Crippen LogP contribution in [0.1, 0.15) is 68.1 Å². The van der Waals surface area contributed by atoms with Crippen LogP contribution in [0.2, 0.25) is 0 Å². The summed E-state index contributed by atoms with van der Waals surface area (Å²) in [6.07, 6.45) is 9.33. The van der Waals surface area contributed by atoms with Crippen molar-refractivity contribution in [2.75, 3.05) is 6.79 Å². The minimum Gasteiger partial charge on any atom is -0.454 e. The van der Waals surface area contributed by atoms with Crippen LogP contribution >= 0.6 is 0 Å². The van der Waals surface area contributed by atoms with Crippen LogP contribution in [0.5, 0.6) is 11.5 Å². The fourth-order valence-electron chi connectivity index (χ4n) is 5.08. The van der Waals surface area contributed by atoms with Gasteiger partial charge in [0.15, 0.2) is 11.5 Å². The highest BCUT2D eigenvalue weighted by molar-refractivity contribution is 5.88. The first-order chi connectivity index (χ1) is 15.2. The van der Waals surface area contributed by atoms with Crippen LogP contribution in [0.25, 0.3) is 10.9 Å². The van der Waals surface area contributed by atoms with Crippen LogP contribution in [-0.2, 0) is 11.2 Å². The van der Waals surface area contributed by atoms with Crippen molar-refractivity contribution >= 4 is 16.8 Å². The molecule has 1 saturated carbocycles. The smallest absolute Gasteiger partial charge is 0.231 e. The van der Waals surface area contributed by atoms with E-state index in [1.54, 1.807) is 0 Å². The van der Waals surface area contributed by atoms with Crippen molar-refractivity contribution in [2.45, 2.75) is 63.8 Å². The Kier molecular flexibility index (Phi) is 5.58. The number of para-hydroxylation sites is 1. The second-order valence-electron chi connectivity index (χ2n) is 8.71. The number of H-pyrrole nitrogens is 1. The lowest BCUT2D eigenvalue weighted by Crippen LogP contribution is -2.36. The lowest BCUT2D eigenvalue weighted by molar-refractivity contribution is -0.122. The van der Waals surface area contributed by atoms with Gasteiger partial charge in [0, 0.05) is 35.5 Å². The molecule has 0 radical (unpaired) electrons. The largest absolute Gasteiger partial charge is 0.454 e. The van der Waals surface area contributed by atoms with Gasteiger partial charge in [0.25, 0.3) is 0 Å². The summed E-state index contributed by atoms with van der Waals surface area (Å²) < 4.78 is 11.1. The molecular weight excluding hydrogens is 388 g/mol. The first kappa shape index (κ1) is 20.0. The molecule has 0 spiro atoms. The molecule has 162 valence electrons. The maximum Gasteiger partial charge on any atom is 0.231 e. The van der Waals surface area contributed by atoms with Crippen LogP contribution in [-0.4, -0.2) is 23.7 Å². The third-order valence-corrected chi connectivity index (χ3v) is 6.75. The number of hydrogen-bond acceptors (Lipinski definition) is 3. The SMILES string of the molecule is CCc1cccc2c([C@@H](CC(=O)NC3CCCCC3)c3ccc4c(c3)OCO4)c[nH]c12. The Morgan fingerprint density at radius 3 is 2.81 bits per heavy atom. The van der Waals surface area contributed by atoms with Crippen molar-refractivity contribution in [2.24, 2.45) is 0 Å². The number of carbonyl (C=O) groups excluding carboxylic acids is 1. The van der Waals surface area contributed by atoms with Gasteiger partial charge in [-0.25, -0.2) is 0 Å². The number of carbonyl (C=O) groups is 1. The van der Waals surface area contributed by atoms with Gasteiger partial charge in [0.2, 0.25) is 12.7 Å². The molecule has 0 bridgehead atoms. The summed E-state index contributed by atoms with van der Waals surface area (Å²) in [5.41, 5.74) is 4.69. The zero-order chi connectivity index (χ0) is 21.2. The van der Waals surface area contributed by atoms with E-state index in [9.17, 15) is 4.79 Å². The minimum atomic E-state index is -0.0565. The molecule has 2 N–H and O–H groups in total. The van der Waals surface area contributed by atoms with E-state index in [-0.39, 0.29) is 18.6 Å². The summed E-state index contributed by atoms with van der Waals surface area (Å²) >= 11 is 0. The number of aromatic amines is 1. The summed E-state index contributed by atoms with van der Waals surface area (Å²) in [6, 6.07) is 12.8. The number of fused-ring (bicyclic) bond motifs is 2. The van der Waals surface area contributed by atoms with Crippen LogP contribution in [0, 0.1) is 0 Å². The van der Waals surface area contributed by atoms with Gasteiger partial charge < -0.3 is 19.8 Å². The number of amides is 1. The normalized spacial score (nSPS) is 17.1. The van der Waals surface area contributed by atoms with E-state index in [0.717, 1.165) is 41.9 Å². The molecule has 2 aromatic carbocycles. The molecule has 31 heavy (non-hydrogen) atoms. The van der Waals surface area contributed by atoms with Gasteiger partial charge in [0.1, 0.15) is 0 Å². The molecule has 1 aliphatic carbocycles.